The van der Waals surface area contributed by atoms with Gasteiger partial charge in [0, 0.05) is 44.3 Å². The first-order chi connectivity index (χ1) is 25.5. The smallest absolute Gasteiger partial charge is 0.146 e. The van der Waals surface area contributed by atoms with Crippen LogP contribution in [0.5, 0.6) is 0 Å². The van der Waals surface area contributed by atoms with E-state index in [2.05, 4.69) is 79.6 Å². The Morgan fingerprint density at radius 1 is 0.750 bits per heavy atom. The number of unbranched alkanes of at least 4 members (excludes halogenated alkanes) is 7. The summed E-state index contributed by atoms with van der Waals surface area (Å²) in [6.07, 6.45) is 17.6. The monoisotopic (exact) mass is 764 g/mol. The molecule has 8 heteroatoms. The fraction of sp³-hybridized carbons (Fsp3) is 0.455. The van der Waals surface area contributed by atoms with E-state index in [1.165, 1.54) is 139 Å². The predicted octanol–water partition coefficient (Wildman–Crippen LogP) is 13.1. The average molecular weight is 765 g/mol. The number of anilines is 1. The van der Waals surface area contributed by atoms with Gasteiger partial charge in [-0.05, 0) is 73.2 Å². The molecule has 0 saturated heterocycles. The van der Waals surface area contributed by atoms with Gasteiger partial charge in [-0.1, -0.05) is 97.6 Å². The Morgan fingerprint density at radius 2 is 1.46 bits per heavy atom. The van der Waals surface area contributed by atoms with Crippen LogP contribution >= 0.6 is 45.3 Å². The lowest BCUT2D eigenvalue weighted by Gasteiger charge is -2.25. The summed E-state index contributed by atoms with van der Waals surface area (Å²) in [6.45, 7) is 12.6. The molecule has 6 rings (SSSR count). The molecule has 0 spiro atoms. The van der Waals surface area contributed by atoms with Crippen molar-refractivity contribution in [3.05, 3.63) is 62.5 Å². The number of nitrogens with zero attached hydrogens (tertiary/aromatic N) is 4. The number of aromatic nitrogens is 1. The van der Waals surface area contributed by atoms with E-state index in [0.717, 1.165) is 28.7 Å². The highest BCUT2D eigenvalue weighted by atomic mass is 32.1. The van der Waals surface area contributed by atoms with Crippen LogP contribution in [0, 0.1) is 28.6 Å². The Morgan fingerprint density at radius 3 is 2.12 bits per heavy atom. The molecule has 1 unspecified atom stereocenters. The van der Waals surface area contributed by atoms with Crippen LogP contribution in [-0.2, 0) is 6.54 Å². The van der Waals surface area contributed by atoms with Gasteiger partial charge in [0.05, 0.1) is 29.7 Å². The van der Waals surface area contributed by atoms with Crippen molar-refractivity contribution in [3.8, 4) is 22.6 Å². The minimum absolute atomic E-state index is 0.179. The maximum absolute atomic E-state index is 9.32. The second-order valence-electron chi connectivity index (χ2n) is 14.1. The molecule has 52 heavy (non-hydrogen) atoms. The number of benzene rings is 1. The highest BCUT2D eigenvalue weighted by Crippen LogP contribution is 2.49. The average Bonchev–Trinajstić information content (AvgIpc) is 3.99. The Bertz CT molecular complexity index is 2250. The van der Waals surface area contributed by atoms with Crippen molar-refractivity contribution in [1.29, 1.82) is 10.5 Å². The van der Waals surface area contributed by atoms with E-state index in [9.17, 15) is 10.5 Å². The van der Waals surface area contributed by atoms with Crippen molar-refractivity contribution in [2.75, 3.05) is 18.0 Å². The van der Waals surface area contributed by atoms with Gasteiger partial charge in [0.2, 0.25) is 0 Å². The normalized spacial score (nSPS) is 12.6. The molecular weight excluding hydrogens is 713 g/mol. The van der Waals surface area contributed by atoms with E-state index in [4.69, 9.17) is 0 Å². The van der Waals surface area contributed by atoms with Crippen LogP contribution in [0.2, 0.25) is 0 Å². The molecule has 1 atom stereocenters. The third kappa shape index (κ3) is 8.69. The molecular formula is C44H52N4S4. The third-order valence-electron chi connectivity index (χ3n) is 10.3. The molecule has 0 N–H and O–H groups in total. The molecule has 5 heterocycles. The zero-order valence-corrected chi connectivity index (χ0v) is 34.6. The number of hydrogen-bond acceptors (Lipinski definition) is 7. The van der Waals surface area contributed by atoms with Crippen molar-refractivity contribution >= 4 is 92.5 Å². The Hall–Kier alpha value is -3.40. The highest BCUT2D eigenvalue weighted by Gasteiger charge is 2.23. The van der Waals surface area contributed by atoms with Gasteiger partial charge in [-0.3, -0.25) is 0 Å². The maximum atomic E-state index is 9.32. The van der Waals surface area contributed by atoms with Crippen LogP contribution in [0.3, 0.4) is 0 Å². The summed E-state index contributed by atoms with van der Waals surface area (Å²) in [6, 6.07) is 22.2. The van der Waals surface area contributed by atoms with E-state index in [1.807, 2.05) is 58.3 Å². The minimum atomic E-state index is 0.179. The molecule has 0 aliphatic heterocycles. The molecule has 6 aromatic rings. The molecule has 0 fully saturated rings. The maximum Gasteiger partial charge on any atom is 0.146 e. The second-order valence-corrected chi connectivity index (χ2v) is 18.4. The van der Waals surface area contributed by atoms with Crippen LogP contribution in [-0.4, -0.2) is 17.7 Å². The lowest BCUT2D eigenvalue weighted by atomic mass is 9.99. The number of rotatable bonds is 19. The molecule has 0 amide bonds. The zero-order chi connectivity index (χ0) is 36.5. The fourth-order valence-electron chi connectivity index (χ4n) is 7.24. The van der Waals surface area contributed by atoms with Crippen molar-refractivity contribution in [2.45, 2.75) is 111 Å². The van der Waals surface area contributed by atoms with Gasteiger partial charge in [-0.15, -0.1) is 45.3 Å². The van der Waals surface area contributed by atoms with Gasteiger partial charge in [0.25, 0.3) is 0 Å². The second kappa shape index (κ2) is 18.6. The Labute approximate surface area is 325 Å². The minimum Gasteiger partial charge on any atom is -0.372 e. The van der Waals surface area contributed by atoms with Crippen LogP contribution in [0.1, 0.15) is 110 Å². The molecule has 272 valence electrons. The zero-order valence-electron chi connectivity index (χ0n) is 31.3. The van der Waals surface area contributed by atoms with Crippen molar-refractivity contribution in [2.24, 2.45) is 5.92 Å². The predicted molar refractivity (Wildman–Crippen MR) is 232 cm³/mol. The molecule has 0 radical (unpaired) electrons. The summed E-state index contributed by atoms with van der Waals surface area (Å²) in [7, 11) is 0. The summed E-state index contributed by atoms with van der Waals surface area (Å²) in [5, 5.41) is 18.6. The largest absolute Gasteiger partial charge is 0.372 e. The van der Waals surface area contributed by atoms with Gasteiger partial charge in [0.1, 0.15) is 17.7 Å². The number of thiophene rings is 4. The van der Waals surface area contributed by atoms with Crippen LogP contribution in [0.15, 0.2) is 48.5 Å². The SMILES string of the molecule is CCCCCCN(CCCCCC)c1ccc(-c2cc3c(s2)c2sc4cc(/C=c5/ccc(=C(C#N)C#N)s5)sc4c2n3CC(CC)CCCC)cc1. The summed E-state index contributed by atoms with van der Waals surface area (Å²) in [5.41, 5.74) is 5.65. The Balaban J connectivity index is 1.35. The number of hydrogen-bond donors (Lipinski definition) is 0. The van der Waals surface area contributed by atoms with Crippen molar-refractivity contribution < 1.29 is 0 Å². The number of fused-ring (bicyclic) bond motifs is 5. The molecule has 0 bridgehead atoms. The van der Waals surface area contributed by atoms with Crippen LogP contribution < -0.4 is 14.0 Å². The van der Waals surface area contributed by atoms with Gasteiger partial charge in [-0.25, -0.2) is 0 Å². The first-order valence-electron chi connectivity index (χ1n) is 19.5. The van der Waals surface area contributed by atoms with Crippen molar-refractivity contribution in [3.63, 3.8) is 0 Å². The molecule has 1 aromatic carbocycles. The van der Waals surface area contributed by atoms with E-state index in [1.54, 1.807) is 0 Å². The van der Waals surface area contributed by atoms with Crippen molar-refractivity contribution in [1.82, 2.24) is 4.57 Å². The lowest BCUT2D eigenvalue weighted by molar-refractivity contribution is 0.401. The van der Waals surface area contributed by atoms with Gasteiger partial charge in [-0.2, -0.15) is 10.5 Å². The lowest BCUT2D eigenvalue weighted by Crippen LogP contribution is -2.25. The first-order valence-corrected chi connectivity index (χ1v) is 22.7. The van der Waals surface area contributed by atoms with Crippen LogP contribution in [0.4, 0.5) is 5.69 Å². The standard InChI is InChI=1S/C44H52N4S4/c1-5-9-12-14-23-47(24-15-13-10-6-2)34-19-17-32(18-20-34)39-27-37-42(51-39)44-41(48(37)30-31(8-4)16-11-7-3)43-40(52-44)26-36(50-43)25-35-21-22-38(49-35)33(28-45)29-46/h17-22,25-27,31H,5-16,23-24,30H2,1-4H3/b35-25-. The molecule has 5 aromatic heterocycles. The molecule has 0 aliphatic rings. The van der Waals surface area contributed by atoms with Gasteiger partial charge >= 0.3 is 0 Å². The van der Waals surface area contributed by atoms with Gasteiger partial charge < -0.3 is 9.47 Å². The topological polar surface area (TPSA) is 55.8 Å². The molecule has 0 aliphatic carbocycles. The first kappa shape index (κ1) is 38.3. The quantitative estimate of drug-likeness (QED) is 0.0772. The fourth-order valence-corrected chi connectivity index (χ4v) is 12.1. The summed E-state index contributed by atoms with van der Waals surface area (Å²) in [4.78, 5) is 5.21. The highest BCUT2D eigenvalue weighted by molar-refractivity contribution is 7.36. The summed E-state index contributed by atoms with van der Waals surface area (Å²) in [5.74, 6) is 0.651. The van der Waals surface area contributed by atoms with Gasteiger partial charge in [0.15, 0.2) is 0 Å². The van der Waals surface area contributed by atoms with E-state index >= 15 is 0 Å². The summed E-state index contributed by atoms with van der Waals surface area (Å²) < 4.78 is 10.0. The molecule has 4 nitrogen and oxygen atoms in total. The number of nitriles is 2. The van der Waals surface area contributed by atoms with Crippen LogP contribution in [0.25, 0.3) is 51.9 Å². The Kier molecular flexibility index (Phi) is 13.7. The van der Waals surface area contributed by atoms with E-state index in [-0.39, 0.29) is 5.57 Å². The summed E-state index contributed by atoms with van der Waals surface area (Å²) >= 11 is 7.27. The third-order valence-corrected chi connectivity index (χ3v) is 15.0. The van der Waals surface area contributed by atoms with E-state index in [0.29, 0.717) is 5.92 Å². The van der Waals surface area contributed by atoms with E-state index < -0.39 is 0 Å². The molecule has 0 saturated carbocycles.